The van der Waals surface area contributed by atoms with Gasteiger partial charge in [-0.2, -0.15) is 0 Å². The largest absolute Gasteiger partial charge is 0.335 e. The summed E-state index contributed by atoms with van der Waals surface area (Å²) in [4.78, 5) is 14.4. The second-order valence-corrected chi connectivity index (χ2v) is 6.41. The van der Waals surface area contributed by atoms with Crippen molar-refractivity contribution in [2.45, 2.75) is 51.5 Å². The van der Waals surface area contributed by atoms with Gasteiger partial charge in [0, 0.05) is 13.0 Å². The Balaban J connectivity index is 0.00000264. The van der Waals surface area contributed by atoms with Gasteiger partial charge in [-0.05, 0) is 49.4 Å². The highest BCUT2D eigenvalue weighted by Gasteiger charge is 2.33. The molecule has 5 heteroatoms. The summed E-state index contributed by atoms with van der Waals surface area (Å²) in [6.45, 7) is 3.66. The van der Waals surface area contributed by atoms with Crippen LogP contribution in [0.25, 0.3) is 0 Å². The van der Waals surface area contributed by atoms with E-state index < -0.39 is 0 Å². The quantitative estimate of drug-likeness (QED) is 0.759. The zero-order chi connectivity index (χ0) is 15.9. The van der Waals surface area contributed by atoms with Gasteiger partial charge < -0.3 is 10.6 Å². The summed E-state index contributed by atoms with van der Waals surface area (Å²) in [5.74, 6) is 0.437. The van der Waals surface area contributed by atoms with Crippen molar-refractivity contribution in [2.24, 2.45) is 11.7 Å². The van der Waals surface area contributed by atoms with Crippen molar-refractivity contribution in [2.75, 3.05) is 13.1 Å². The summed E-state index contributed by atoms with van der Waals surface area (Å²) in [6.07, 6.45) is 5.59. The molecule has 0 spiro atoms. The average molecular weight is 343 g/mol. The second-order valence-electron chi connectivity index (χ2n) is 6.41. The molecule has 2 atom stereocenters. The summed E-state index contributed by atoms with van der Waals surface area (Å²) in [5, 5.41) is 0. The Kier molecular flexibility index (Phi) is 8.56. The maximum Gasteiger partial charge on any atom is 0.223 e. The van der Waals surface area contributed by atoms with E-state index in [9.17, 15) is 9.18 Å². The molecule has 1 aliphatic heterocycles. The van der Waals surface area contributed by atoms with Gasteiger partial charge in [0.15, 0.2) is 0 Å². The lowest BCUT2D eigenvalue weighted by molar-refractivity contribution is -0.132. The van der Waals surface area contributed by atoms with E-state index in [1.54, 1.807) is 12.1 Å². The number of carbonyl (C=O) groups is 1. The van der Waals surface area contributed by atoms with E-state index in [1.807, 2.05) is 11.0 Å². The Labute approximate surface area is 144 Å². The number of halogens is 2. The molecule has 23 heavy (non-hydrogen) atoms. The summed E-state index contributed by atoms with van der Waals surface area (Å²) < 4.78 is 13.5. The Bertz CT molecular complexity index is 498. The van der Waals surface area contributed by atoms with Crippen LogP contribution in [0.15, 0.2) is 24.3 Å². The molecule has 1 aliphatic rings. The average Bonchev–Trinajstić information content (AvgIpc) is 2.89. The Morgan fingerprint density at radius 2 is 2.04 bits per heavy atom. The van der Waals surface area contributed by atoms with E-state index in [2.05, 4.69) is 6.92 Å². The van der Waals surface area contributed by atoms with Crippen molar-refractivity contribution in [3.8, 4) is 0 Å². The maximum absolute atomic E-state index is 13.5. The molecular weight excluding hydrogens is 315 g/mol. The van der Waals surface area contributed by atoms with Gasteiger partial charge in [-0.25, -0.2) is 4.39 Å². The molecule has 130 valence electrons. The van der Waals surface area contributed by atoms with Crippen molar-refractivity contribution in [1.29, 1.82) is 0 Å². The molecule has 0 radical (unpaired) electrons. The lowest BCUT2D eigenvalue weighted by Gasteiger charge is -2.25. The minimum absolute atomic E-state index is 0. The predicted molar refractivity (Wildman–Crippen MR) is 94.0 cm³/mol. The van der Waals surface area contributed by atoms with Crippen LogP contribution < -0.4 is 5.73 Å². The summed E-state index contributed by atoms with van der Waals surface area (Å²) in [6, 6.07) is 6.69. The summed E-state index contributed by atoms with van der Waals surface area (Å²) in [7, 11) is 0. The third-order valence-corrected chi connectivity index (χ3v) is 4.41. The molecule has 0 bridgehead atoms. The van der Waals surface area contributed by atoms with Gasteiger partial charge in [0.2, 0.25) is 5.91 Å². The first kappa shape index (κ1) is 19.9. The van der Waals surface area contributed by atoms with Gasteiger partial charge in [0.1, 0.15) is 5.82 Å². The number of nitrogens with two attached hydrogens (primary N) is 1. The number of carbonyl (C=O) groups excluding carboxylic acids is 1. The van der Waals surface area contributed by atoms with E-state index in [0.717, 1.165) is 50.8 Å². The normalized spacial score (nSPS) is 20.4. The standard InChI is InChI=1S/C18H27FN2O.ClH/c1-14-11-17(15-7-6-8-16(19)12-15)21(13-14)18(22)9-4-2-3-5-10-20;/h6-8,12,14,17H,2-5,9-11,13,20H2,1H3;1H. The molecule has 0 aromatic heterocycles. The van der Waals surface area contributed by atoms with Crippen LogP contribution in [0.1, 0.15) is 57.1 Å². The monoisotopic (exact) mass is 342 g/mol. The van der Waals surface area contributed by atoms with Crippen LogP contribution in [0, 0.1) is 11.7 Å². The first-order valence-electron chi connectivity index (χ1n) is 8.37. The summed E-state index contributed by atoms with van der Waals surface area (Å²) >= 11 is 0. The number of hydrogen-bond acceptors (Lipinski definition) is 2. The third kappa shape index (κ3) is 5.78. The Hall–Kier alpha value is -1.13. The zero-order valence-electron chi connectivity index (χ0n) is 13.8. The Morgan fingerprint density at radius 1 is 1.30 bits per heavy atom. The fourth-order valence-electron chi connectivity index (χ4n) is 3.27. The number of amides is 1. The van der Waals surface area contributed by atoms with Gasteiger partial charge in [0.25, 0.3) is 0 Å². The van der Waals surface area contributed by atoms with Gasteiger partial charge in [-0.15, -0.1) is 12.4 Å². The van der Waals surface area contributed by atoms with E-state index in [4.69, 9.17) is 5.73 Å². The van der Waals surface area contributed by atoms with Crippen molar-refractivity contribution >= 4 is 18.3 Å². The fourth-order valence-corrected chi connectivity index (χ4v) is 3.27. The number of benzene rings is 1. The van der Waals surface area contributed by atoms with E-state index in [1.165, 1.54) is 6.07 Å². The smallest absolute Gasteiger partial charge is 0.223 e. The predicted octanol–water partition coefficient (Wildman–Crippen LogP) is 4.07. The van der Waals surface area contributed by atoms with Crippen molar-refractivity contribution in [1.82, 2.24) is 4.90 Å². The topological polar surface area (TPSA) is 46.3 Å². The number of hydrogen-bond donors (Lipinski definition) is 1. The molecule has 1 saturated heterocycles. The lowest BCUT2D eigenvalue weighted by atomic mass is 10.0. The van der Waals surface area contributed by atoms with Crippen LogP contribution in [0.3, 0.4) is 0 Å². The highest BCUT2D eigenvalue weighted by Crippen LogP contribution is 2.36. The number of nitrogens with zero attached hydrogens (tertiary/aromatic N) is 1. The van der Waals surface area contributed by atoms with E-state index >= 15 is 0 Å². The minimum atomic E-state index is -0.230. The molecule has 2 N–H and O–H groups in total. The highest BCUT2D eigenvalue weighted by atomic mass is 35.5. The van der Waals surface area contributed by atoms with Crippen LogP contribution in [-0.4, -0.2) is 23.9 Å². The van der Waals surface area contributed by atoms with Crippen LogP contribution in [-0.2, 0) is 4.79 Å². The second kappa shape index (κ2) is 9.89. The van der Waals surface area contributed by atoms with E-state index in [0.29, 0.717) is 12.3 Å². The SMILES string of the molecule is CC1CC(c2cccc(F)c2)N(C(=O)CCCCCCN)C1.Cl. The maximum atomic E-state index is 13.5. The van der Waals surface area contributed by atoms with Gasteiger partial charge in [0.05, 0.1) is 6.04 Å². The molecule has 0 aliphatic carbocycles. The molecule has 1 aromatic carbocycles. The molecular formula is C18H28ClFN2O. The molecule has 3 nitrogen and oxygen atoms in total. The number of rotatable bonds is 7. The first-order valence-corrected chi connectivity index (χ1v) is 8.37. The zero-order valence-corrected chi connectivity index (χ0v) is 14.7. The van der Waals surface area contributed by atoms with Crippen molar-refractivity contribution in [3.63, 3.8) is 0 Å². The minimum Gasteiger partial charge on any atom is -0.335 e. The van der Waals surface area contributed by atoms with Gasteiger partial charge in [-0.1, -0.05) is 31.9 Å². The van der Waals surface area contributed by atoms with Gasteiger partial charge >= 0.3 is 0 Å². The van der Waals surface area contributed by atoms with Crippen molar-refractivity contribution < 1.29 is 9.18 Å². The van der Waals surface area contributed by atoms with Crippen LogP contribution >= 0.6 is 12.4 Å². The van der Waals surface area contributed by atoms with Crippen LogP contribution in [0.4, 0.5) is 4.39 Å². The van der Waals surface area contributed by atoms with E-state index in [-0.39, 0.29) is 30.2 Å². The molecule has 2 unspecified atom stereocenters. The Morgan fingerprint density at radius 3 is 2.74 bits per heavy atom. The third-order valence-electron chi connectivity index (χ3n) is 4.41. The lowest BCUT2D eigenvalue weighted by Crippen LogP contribution is -2.30. The first-order chi connectivity index (χ1) is 10.6. The summed E-state index contributed by atoms with van der Waals surface area (Å²) in [5.41, 5.74) is 6.39. The molecule has 0 saturated carbocycles. The van der Waals surface area contributed by atoms with Crippen LogP contribution in [0.5, 0.6) is 0 Å². The number of unbranched alkanes of at least 4 members (excludes halogenated alkanes) is 3. The molecule has 1 heterocycles. The molecule has 2 rings (SSSR count). The highest BCUT2D eigenvalue weighted by molar-refractivity contribution is 5.85. The molecule has 1 fully saturated rings. The number of likely N-dealkylation sites (tertiary alicyclic amines) is 1. The molecule has 1 aromatic rings. The fraction of sp³-hybridized carbons (Fsp3) is 0.611. The van der Waals surface area contributed by atoms with Gasteiger partial charge in [-0.3, -0.25) is 4.79 Å². The van der Waals surface area contributed by atoms with Crippen molar-refractivity contribution in [3.05, 3.63) is 35.6 Å². The molecule has 1 amide bonds. The van der Waals surface area contributed by atoms with Crippen LogP contribution in [0.2, 0.25) is 0 Å².